The van der Waals surface area contributed by atoms with Gasteiger partial charge in [0.25, 0.3) is 0 Å². The van der Waals surface area contributed by atoms with E-state index in [0.29, 0.717) is 6.61 Å². The first-order chi connectivity index (χ1) is 10.3. The van der Waals surface area contributed by atoms with E-state index in [1.807, 2.05) is 19.2 Å². The van der Waals surface area contributed by atoms with Crippen LogP contribution in [0.15, 0.2) is 46.5 Å². The molecule has 0 spiro atoms. The molecule has 1 aromatic carbocycles. The lowest BCUT2D eigenvalue weighted by Crippen LogP contribution is -2.04. The van der Waals surface area contributed by atoms with E-state index < -0.39 is 0 Å². The van der Waals surface area contributed by atoms with Crippen LogP contribution in [0.4, 0.5) is 0 Å². The summed E-state index contributed by atoms with van der Waals surface area (Å²) in [6.07, 6.45) is 0. The Hall–Kier alpha value is -1.69. The zero-order chi connectivity index (χ0) is 14.5. The van der Waals surface area contributed by atoms with E-state index in [-0.39, 0.29) is 0 Å². The van der Waals surface area contributed by atoms with Crippen LogP contribution in [-0.2, 0) is 13.2 Å². The first-order valence-corrected chi connectivity index (χ1v) is 8.51. The van der Waals surface area contributed by atoms with Crippen LogP contribution in [-0.4, -0.2) is 12.0 Å². The summed E-state index contributed by atoms with van der Waals surface area (Å²) in [5.74, 6) is 0.875. The van der Waals surface area contributed by atoms with Gasteiger partial charge in [0.1, 0.15) is 17.4 Å². The number of nitrogens with one attached hydrogen (secondary N) is 1. The van der Waals surface area contributed by atoms with Gasteiger partial charge in [0, 0.05) is 22.9 Å². The second-order valence-corrected chi connectivity index (χ2v) is 6.26. The SMILES string of the molecule is CNCc1ccc(OCc2csc(-c3ccsc3)n2)cc1. The van der Waals surface area contributed by atoms with E-state index in [4.69, 9.17) is 4.74 Å². The molecule has 0 unspecified atom stereocenters. The van der Waals surface area contributed by atoms with Crippen molar-refractivity contribution in [2.24, 2.45) is 0 Å². The zero-order valence-corrected chi connectivity index (χ0v) is 13.3. The highest BCUT2D eigenvalue weighted by Crippen LogP contribution is 2.26. The van der Waals surface area contributed by atoms with Gasteiger partial charge < -0.3 is 10.1 Å². The highest BCUT2D eigenvalue weighted by molar-refractivity contribution is 7.14. The molecular weight excluding hydrogens is 300 g/mol. The van der Waals surface area contributed by atoms with Gasteiger partial charge in [0.05, 0.1) is 5.69 Å². The van der Waals surface area contributed by atoms with Crippen LogP contribution in [0.2, 0.25) is 0 Å². The molecule has 2 aromatic heterocycles. The number of thiophene rings is 1. The molecule has 0 bridgehead atoms. The minimum absolute atomic E-state index is 0.506. The summed E-state index contributed by atoms with van der Waals surface area (Å²) in [5, 5.41) is 10.4. The number of hydrogen-bond donors (Lipinski definition) is 1. The first kappa shape index (κ1) is 14.3. The monoisotopic (exact) mass is 316 g/mol. The van der Waals surface area contributed by atoms with Crippen molar-refractivity contribution in [3.63, 3.8) is 0 Å². The maximum Gasteiger partial charge on any atom is 0.131 e. The molecule has 0 aliphatic rings. The van der Waals surface area contributed by atoms with Gasteiger partial charge in [-0.05, 0) is 36.2 Å². The van der Waals surface area contributed by atoms with Gasteiger partial charge in [-0.2, -0.15) is 11.3 Å². The van der Waals surface area contributed by atoms with E-state index in [9.17, 15) is 0 Å². The molecule has 0 amide bonds. The van der Waals surface area contributed by atoms with Crippen molar-refractivity contribution >= 4 is 22.7 Å². The largest absolute Gasteiger partial charge is 0.487 e. The Balaban J connectivity index is 1.60. The summed E-state index contributed by atoms with van der Waals surface area (Å²) in [5.41, 5.74) is 3.41. The van der Waals surface area contributed by atoms with E-state index in [2.05, 4.69) is 44.6 Å². The average Bonchev–Trinajstić information content (AvgIpc) is 3.18. The molecule has 0 saturated carbocycles. The molecule has 3 aromatic rings. The molecule has 3 nitrogen and oxygen atoms in total. The van der Waals surface area contributed by atoms with Crippen molar-refractivity contribution in [1.82, 2.24) is 10.3 Å². The van der Waals surface area contributed by atoms with E-state index >= 15 is 0 Å². The molecule has 1 N–H and O–H groups in total. The molecule has 0 aliphatic heterocycles. The van der Waals surface area contributed by atoms with Crippen LogP contribution in [0, 0.1) is 0 Å². The van der Waals surface area contributed by atoms with Crippen molar-refractivity contribution in [3.8, 4) is 16.3 Å². The predicted octanol–water partition coefficient (Wildman–Crippen LogP) is 4.17. The Bertz CT molecular complexity index is 675. The third-order valence-corrected chi connectivity index (χ3v) is 4.63. The summed E-state index contributed by atoms with van der Waals surface area (Å²) >= 11 is 3.35. The molecule has 5 heteroatoms. The van der Waals surface area contributed by atoms with E-state index in [0.717, 1.165) is 23.0 Å². The van der Waals surface area contributed by atoms with Crippen molar-refractivity contribution in [2.75, 3.05) is 7.05 Å². The van der Waals surface area contributed by atoms with Gasteiger partial charge in [0.2, 0.25) is 0 Å². The van der Waals surface area contributed by atoms with Gasteiger partial charge in [0.15, 0.2) is 0 Å². The minimum Gasteiger partial charge on any atom is -0.487 e. The molecular formula is C16H16N2OS2. The lowest BCUT2D eigenvalue weighted by atomic mass is 10.2. The third kappa shape index (κ3) is 3.69. The number of ether oxygens (including phenoxy) is 1. The second kappa shape index (κ2) is 6.85. The highest BCUT2D eigenvalue weighted by Gasteiger charge is 2.05. The normalized spacial score (nSPS) is 10.7. The number of aromatic nitrogens is 1. The standard InChI is InChI=1S/C16H16N2OS2/c1-17-8-12-2-4-15(5-3-12)19-9-14-11-21-16(18-14)13-6-7-20-10-13/h2-7,10-11,17H,8-9H2,1H3. The summed E-state index contributed by atoms with van der Waals surface area (Å²) in [4.78, 5) is 4.60. The molecule has 108 valence electrons. The molecule has 21 heavy (non-hydrogen) atoms. The highest BCUT2D eigenvalue weighted by atomic mass is 32.1. The van der Waals surface area contributed by atoms with Crippen LogP contribution in [0.3, 0.4) is 0 Å². The summed E-state index contributed by atoms with van der Waals surface area (Å²) in [7, 11) is 1.94. The van der Waals surface area contributed by atoms with Crippen molar-refractivity contribution in [1.29, 1.82) is 0 Å². The molecule has 0 saturated heterocycles. The van der Waals surface area contributed by atoms with Gasteiger partial charge in [-0.15, -0.1) is 11.3 Å². The van der Waals surface area contributed by atoms with Gasteiger partial charge in [-0.3, -0.25) is 0 Å². The smallest absolute Gasteiger partial charge is 0.131 e. The molecule has 2 heterocycles. The first-order valence-electron chi connectivity index (χ1n) is 6.68. The minimum atomic E-state index is 0.506. The Morgan fingerprint density at radius 1 is 1.14 bits per heavy atom. The van der Waals surface area contributed by atoms with Crippen LogP contribution in [0.25, 0.3) is 10.6 Å². The number of benzene rings is 1. The van der Waals surface area contributed by atoms with Crippen molar-refractivity contribution in [2.45, 2.75) is 13.2 Å². The topological polar surface area (TPSA) is 34.1 Å². The van der Waals surface area contributed by atoms with Crippen LogP contribution >= 0.6 is 22.7 Å². The molecule has 0 fully saturated rings. The lowest BCUT2D eigenvalue weighted by Gasteiger charge is -2.05. The van der Waals surface area contributed by atoms with E-state index in [1.165, 1.54) is 11.1 Å². The zero-order valence-electron chi connectivity index (χ0n) is 11.7. The number of hydrogen-bond acceptors (Lipinski definition) is 5. The number of nitrogens with zero attached hydrogens (tertiary/aromatic N) is 1. The van der Waals surface area contributed by atoms with Crippen LogP contribution in [0.1, 0.15) is 11.3 Å². The number of thiazole rings is 1. The third-order valence-electron chi connectivity index (χ3n) is 3.01. The fourth-order valence-corrected chi connectivity index (χ4v) is 3.47. The average molecular weight is 316 g/mol. The fraction of sp³-hybridized carbons (Fsp3) is 0.188. The van der Waals surface area contributed by atoms with Crippen molar-refractivity contribution < 1.29 is 4.74 Å². The van der Waals surface area contributed by atoms with Gasteiger partial charge >= 0.3 is 0 Å². The van der Waals surface area contributed by atoms with Crippen LogP contribution in [0.5, 0.6) is 5.75 Å². The van der Waals surface area contributed by atoms with Crippen molar-refractivity contribution in [3.05, 3.63) is 57.7 Å². The fourth-order valence-electron chi connectivity index (χ4n) is 1.96. The Labute approximate surface area is 132 Å². The summed E-state index contributed by atoms with van der Waals surface area (Å²) in [6, 6.07) is 10.2. The quantitative estimate of drug-likeness (QED) is 0.741. The Kier molecular flexibility index (Phi) is 4.65. The van der Waals surface area contributed by atoms with E-state index in [1.54, 1.807) is 22.7 Å². The summed E-state index contributed by atoms with van der Waals surface area (Å²) in [6.45, 7) is 1.38. The maximum absolute atomic E-state index is 5.78. The molecule has 0 atom stereocenters. The lowest BCUT2D eigenvalue weighted by molar-refractivity contribution is 0.302. The predicted molar refractivity (Wildman–Crippen MR) is 89.0 cm³/mol. The number of rotatable bonds is 6. The molecule has 3 rings (SSSR count). The maximum atomic E-state index is 5.78. The van der Waals surface area contributed by atoms with Crippen LogP contribution < -0.4 is 10.1 Å². The van der Waals surface area contributed by atoms with Gasteiger partial charge in [-0.25, -0.2) is 4.98 Å². The Morgan fingerprint density at radius 3 is 2.71 bits per heavy atom. The molecule has 0 aliphatic carbocycles. The molecule has 0 radical (unpaired) electrons. The summed E-state index contributed by atoms with van der Waals surface area (Å²) < 4.78 is 5.78. The second-order valence-electron chi connectivity index (χ2n) is 4.62. The Morgan fingerprint density at radius 2 is 2.00 bits per heavy atom. The van der Waals surface area contributed by atoms with Gasteiger partial charge in [-0.1, -0.05) is 12.1 Å².